The SMILES string of the molecule is O=C(CC(=O)N1CCn2cccc2C1c1cccc(Cl)c1)Nc1ccc(F)cc1. The van der Waals surface area contributed by atoms with E-state index < -0.39 is 5.91 Å². The molecule has 1 aliphatic heterocycles. The Labute approximate surface area is 172 Å². The second-order valence-electron chi connectivity index (χ2n) is 6.90. The zero-order valence-electron chi connectivity index (χ0n) is 15.5. The predicted molar refractivity (Wildman–Crippen MR) is 109 cm³/mol. The number of aromatic nitrogens is 1. The maximum Gasteiger partial charge on any atom is 0.233 e. The van der Waals surface area contributed by atoms with E-state index in [2.05, 4.69) is 9.88 Å². The molecule has 0 aliphatic carbocycles. The van der Waals surface area contributed by atoms with Crippen LogP contribution in [0.4, 0.5) is 10.1 Å². The van der Waals surface area contributed by atoms with Crippen LogP contribution in [0.1, 0.15) is 23.7 Å². The summed E-state index contributed by atoms with van der Waals surface area (Å²) in [5.74, 6) is -1.10. The molecule has 4 rings (SSSR count). The van der Waals surface area contributed by atoms with Crippen molar-refractivity contribution in [3.8, 4) is 0 Å². The first-order valence-electron chi connectivity index (χ1n) is 9.26. The van der Waals surface area contributed by atoms with Crippen molar-refractivity contribution in [3.05, 3.63) is 89.0 Å². The lowest BCUT2D eigenvalue weighted by molar-refractivity contribution is -0.136. The van der Waals surface area contributed by atoms with Crippen molar-refractivity contribution < 1.29 is 14.0 Å². The highest BCUT2D eigenvalue weighted by Gasteiger charge is 2.32. The molecule has 0 spiro atoms. The molecule has 2 aromatic carbocycles. The van der Waals surface area contributed by atoms with Gasteiger partial charge in [0.25, 0.3) is 0 Å². The van der Waals surface area contributed by atoms with E-state index in [1.807, 2.05) is 36.5 Å². The van der Waals surface area contributed by atoms with Gasteiger partial charge in [0.15, 0.2) is 0 Å². The predicted octanol–water partition coefficient (Wildman–Crippen LogP) is 4.24. The van der Waals surface area contributed by atoms with Gasteiger partial charge >= 0.3 is 0 Å². The first kappa shape index (κ1) is 19.2. The Balaban J connectivity index is 1.54. The van der Waals surface area contributed by atoms with Gasteiger partial charge in [-0.05, 0) is 54.1 Å². The highest BCUT2D eigenvalue weighted by molar-refractivity contribution is 6.30. The van der Waals surface area contributed by atoms with Gasteiger partial charge in [-0.2, -0.15) is 0 Å². The maximum absolute atomic E-state index is 13.0. The van der Waals surface area contributed by atoms with Gasteiger partial charge in [0.05, 0.1) is 6.04 Å². The number of halogens is 2. The second-order valence-corrected chi connectivity index (χ2v) is 7.34. The fraction of sp³-hybridized carbons (Fsp3) is 0.182. The molecule has 1 N–H and O–H groups in total. The van der Waals surface area contributed by atoms with Gasteiger partial charge in [-0.25, -0.2) is 4.39 Å². The zero-order valence-corrected chi connectivity index (χ0v) is 16.3. The number of nitrogens with one attached hydrogen (secondary N) is 1. The monoisotopic (exact) mass is 411 g/mol. The highest BCUT2D eigenvalue weighted by Crippen LogP contribution is 2.33. The van der Waals surface area contributed by atoms with Crippen molar-refractivity contribution in [2.24, 2.45) is 0 Å². The first-order valence-corrected chi connectivity index (χ1v) is 9.64. The molecule has 0 bridgehead atoms. The van der Waals surface area contributed by atoms with E-state index in [4.69, 9.17) is 11.6 Å². The van der Waals surface area contributed by atoms with E-state index in [0.717, 1.165) is 11.3 Å². The molecule has 148 valence electrons. The van der Waals surface area contributed by atoms with Crippen LogP contribution in [-0.2, 0) is 16.1 Å². The van der Waals surface area contributed by atoms with Crippen molar-refractivity contribution in [1.82, 2.24) is 9.47 Å². The summed E-state index contributed by atoms with van der Waals surface area (Å²) in [6.07, 6.45) is 1.69. The van der Waals surface area contributed by atoms with Gasteiger partial charge in [-0.15, -0.1) is 0 Å². The Bertz CT molecular complexity index is 1050. The summed E-state index contributed by atoms with van der Waals surface area (Å²) in [7, 11) is 0. The number of carbonyl (C=O) groups is 2. The quantitative estimate of drug-likeness (QED) is 0.653. The summed E-state index contributed by atoms with van der Waals surface area (Å²) in [6, 6.07) is 16.4. The third-order valence-corrected chi connectivity index (χ3v) is 5.20. The van der Waals surface area contributed by atoms with Gasteiger partial charge in [0.1, 0.15) is 12.2 Å². The minimum Gasteiger partial charge on any atom is -0.348 e. The van der Waals surface area contributed by atoms with Gasteiger partial charge in [-0.1, -0.05) is 23.7 Å². The number of hydrogen-bond acceptors (Lipinski definition) is 2. The Kier molecular flexibility index (Phi) is 5.36. The Hall–Kier alpha value is -3.12. The van der Waals surface area contributed by atoms with Gasteiger partial charge in [0, 0.05) is 35.7 Å². The van der Waals surface area contributed by atoms with Crippen LogP contribution in [0, 0.1) is 5.82 Å². The summed E-state index contributed by atoms with van der Waals surface area (Å²) < 4.78 is 15.1. The smallest absolute Gasteiger partial charge is 0.233 e. The molecule has 7 heteroatoms. The van der Waals surface area contributed by atoms with Crippen molar-refractivity contribution in [2.45, 2.75) is 19.0 Å². The lowest BCUT2D eigenvalue weighted by Gasteiger charge is -2.37. The molecule has 0 radical (unpaired) electrons. The molecule has 1 unspecified atom stereocenters. The number of anilines is 1. The molecular weight excluding hydrogens is 393 g/mol. The molecule has 0 saturated heterocycles. The van der Waals surface area contributed by atoms with Crippen LogP contribution in [0.3, 0.4) is 0 Å². The third-order valence-electron chi connectivity index (χ3n) is 4.96. The summed E-state index contributed by atoms with van der Waals surface area (Å²) >= 11 is 6.18. The summed E-state index contributed by atoms with van der Waals surface area (Å²) in [5, 5.41) is 3.23. The highest BCUT2D eigenvalue weighted by atomic mass is 35.5. The normalized spacial score (nSPS) is 15.7. The van der Waals surface area contributed by atoms with E-state index in [1.54, 1.807) is 11.0 Å². The van der Waals surface area contributed by atoms with E-state index in [1.165, 1.54) is 24.3 Å². The third kappa shape index (κ3) is 4.17. The molecule has 1 atom stereocenters. The van der Waals surface area contributed by atoms with Crippen LogP contribution in [-0.4, -0.2) is 27.8 Å². The second kappa shape index (κ2) is 8.09. The van der Waals surface area contributed by atoms with E-state index in [9.17, 15) is 14.0 Å². The lowest BCUT2D eigenvalue weighted by Crippen LogP contribution is -2.43. The molecule has 3 aromatic rings. The molecule has 29 heavy (non-hydrogen) atoms. The number of carbonyl (C=O) groups excluding carboxylic acids is 2. The van der Waals surface area contributed by atoms with Crippen molar-refractivity contribution in [1.29, 1.82) is 0 Å². The topological polar surface area (TPSA) is 54.3 Å². The van der Waals surface area contributed by atoms with Gasteiger partial charge in [0.2, 0.25) is 11.8 Å². The molecule has 0 fully saturated rings. The number of amides is 2. The minimum absolute atomic E-state index is 0.276. The summed E-state index contributed by atoms with van der Waals surface area (Å²) in [6.45, 7) is 1.15. The molecule has 0 saturated carbocycles. The van der Waals surface area contributed by atoms with Crippen LogP contribution in [0.2, 0.25) is 5.02 Å². The van der Waals surface area contributed by atoms with E-state index in [0.29, 0.717) is 23.8 Å². The molecule has 5 nitrogen and oxygen atoms in total. The molecular formula is C22H19ClFN3O2. The molecule has 2 amide bonds. The Morgan fingerprint density at radius 2 is 1.86 bits per heavy atom. The minimum atomic E-state index is -0.438. The van der Waals surface area contributed by atoms with Crippen LogP contribution in [0.25, 0.3) is 0 Å². The van der Waals surface area contributed by atoms with Gasteiger partial charge < -0.3 is 14.8 Å². The average Bonchev–Trinajstić information content (AvgIpc) is 3.17. The molecule has 2 heterocycles. The molecule has 1 aromatic heterocycles. The summed E-state index contributed by atoms with van der Waals surface area (Å²) in [4.78, 5) is 27.1. The number of rotatable bonds is 4. The van der Waals surface area contributed by atoms with Crippen molar-refractivity contribution in [2.75, 3.05) is 11.9 Å². The zero-order chi connectivity index (χ0) is 20.4. The van der Waals surface area contributed by atoms with Crippen LogP contribution >= 0.6 is 11.6 Å². The van der Waals surface area contributed by atoms with Crippen LogP contribution in [0.5, 0.6) is 0 Å². The number of hydrogen-bond donors (Lipinski definition) is 1. The first-order chi connectivity index (χ1) is 14.0. The fourth-order valence-corrected chi connectivity index (χ4v) is 3.86. The van der Waals surface area contributed by atoms with E-state index >= 15 is 0 Å². The number of benzene rings is 2. The fourth-order valence-electron chi connectivity index (χ4n) is 3.66. The van der Waals surface area contributed by atoms with Crippen molar-refractivity contribution >= 4 is 29.1 Å². The summed E-state index contributed by atoms with van der Waals surface area (Å²) in [5.41, 5.74) is 2.32. The Morgan fingerprint density at radius 1 is 1.07 bits per heavy atom. The van der Waals surface area contributed by atoms with Gasteiger partial charge in [-0.3, -0.25) is 9.59 Å². The van der Waals surface area contributed by atoms with E-state index in [-0.39, 0.29) is 24.2 Å². The lowest BCUT2D eigenvalue weighted by atomic mass is 9.99. The standard InChI is InChI=1S/C22H19ClFN3O2/c23-16-4-1-3-15(13-16)22-19-5-2-10-26(19)11-12-27(22)21(29)14-20(28)25-18-8-6-17(24)7-9-18/h1-10,13,22H,11-12,14H2,(H,25,28). The number of fused-ring (bicyclic) bond motifs is 1. The Morgan fingerprint density at radius 3 is 2.62 bits per heavy atom. The van der Waals surface area contributed by atoms with Crippen LogP contribution in [0.15, 0.2) is 66.9 Å². The average molecular weight is 412 g/mol. The largest absolute Gasteiger partial charge is 0.348 e. The number of nitrogens with zero attached hydrogens (tertiary/aromatic N) is 2. The molecule has 1 aliphatic rings. The van der Waals surface area contributed by atoms with Crippen LogP contribution < -0.4 is 5.32 Å². The maximum atomic E-state index is 13.0. The van der Waals surface area contributed by atoms with Crippen molar-refractivity contribution in [3.63, 3.8) is 0 Å².